The van der Waals surface area contributed by atoms with Gasteiger partial charge >= 0.3 is 12.1 Å². The minimum atomic E-state index is -5.08. The molecule has 0 spiro atoms. The van der Waals surface area contributed by atoms with Crippen molar-refractivity contribution in [2.75, 3.05) is 38.7 Å². The van der Waals surface area contributed by atoms with Crippen molar-refractivity contribution in [1.82, 2.24) is 9.62 Å². The number of anilines is 1. The third-order valence-electron chi connectivity index (χ3n) is 8.10. The standard InChI is InChI=1S/C28H40FN3O5S.C2HF3O2/c1-7-32(8-2)13-14-36-24-12-9-20(15-25(24)35-6)17-30-23-11-10-21(16-22(23)29)38(33,34)31-28-18-27(5,19-28)37-26(28,3)4;3-2(4,5)1(6)7/h9-12,15-16,30-31H,7-8,13-14,17-19H2,1-6H3;(H,6,7). The van der Waals surface area contributed by atoms with Gasteiger partial charge in [-0.3, -0.25) is 0 Å². The first-order valence-corrected chi connectivity index (χ1v) is 15.9. The van der Waals surface area contributed by atoms with E-state index in [-0.39, 0.29) is 16.2 Å². The number of rotatable bonds is 13. The molecule has 3 N–H and O–H groups in total. The van der Waals surface area contributed by atoms with Crippen molar-refractivity contribution < 1.29 is 50.1 Å². The highest BCUT2D eigenvalue weighted by molar-refractivity contribution is 7.89. The van der Waals surface area contributed by atoms with Gasteiger partial charge < -0.3 is 29.5 Å². The van der Waals surface area contributed by atoms with E-state index < -0.39 is 39.1 Å². The Morgan fingerprint density at radius 3 is 2.18 bits per heavy atom. The Bertz CT molecular complexity index is 1460. The van der Waals surface area contributed by atoms with Crippen LogP contribution >= 0.6 is 0 Å². The van der Waals surface area contributed by atoms with Crippen LogP contribution < -0.4 is 19.5 Å². The van der Waals surface area contributed by atoms with Gasteiger partial charge in [0, 0.05) is 13.1 Å². The summed E-state index contributed by atoms with van der Waals surface area (Å²) < 4.78 is 93.2. The van der Waals surface area contributed by atoms with Crippen LogP contribution in [0.15, 0.2) is 41.3 Å². The zero-order chi connectivity index (χ0) is 33.8. The van der Waals surface area contributed by atoms with Crippen molar-refractivity contribution in [3.05, 3.63) is 47.8 Å². The van der Waals surface area contributed by atoms with Crippen LogP contribution in [0.25, 0.3) is 0 Å². The fraction of sp³-hybridized carbons (Fsp3) is 0.567. The number of carbonyl (C=O) groups is 1. The predicted octanol–water partition coefficient (Wildman–Crippen LogP) is 5.18. The molecule has 3 aliphatic rings. The summed E-state index contributed by atoms with van der Waals surface area (Å²) >= 11 is 0. The normalized spacial score (nSPS) is 21.8. The topological polar surface area (TPSA) is 126 Å². The number of benzene rings is 2. The Morgan fingerprint density at radius 1 is 1.07 bits per heavy atom. The number of sulfonamides is 1. The summed E-state index contributed by atoms with van der Waals surface area (Å²) in [5, 5.41) is 10.2. The Balaban J connectivity index is 0.000000707. The number of nitrogens with one attached hydrogen (secondary N) is 2. The maximum Gasteiger partial charge on any atom is 0.490 e. The third-order valence-corrected chi connectivity index (χ3v) is 9.63. The quantitative estimate of drug-likeness (QED) is 0.249. The molecule has 3 fully saturated rings. The first-order chi connectivity index (χ1) is 20.8. The lowest BCUT2D eigenvalue weighted by atomic mass is 9.64. The van der Waals surface area contributed by atoms with Gasteiger partial charge in [-0.15, -0.1) is 0 Å². The number of methoxy groups -OCH3 is 1. The SMILES string of the molecule is CCN(CC)CCOc1ccc(CNc2ccc(S(=O)(=O)NC34CC(C)(C3)OC4(C)C)cc2F)cc1OC.O=C(O)C(F)(F)F. The zero-order valence-electron chi connectivity index (χ0n) is 26.2. The Morgan fingerprint density at radius 2 is 1.69 bits per heavy atom. The summed E-state index contributed by atoms with van der Waals surface area (Å²) in [6.45, 7) is 13.6. The van der Waals surface area contributed by atoms with E-state index in [2.05, 4.69) is 28.8 Å². The van der Waals surface area contributed by atoms with Crippen LogP contribution in [0.4, 0.5) is 23.2 Å². The van der Waals surface area contributed by atoms with Crippen molar-refractivity contribution in [3.63, 3.8) is 0 Å². The molecule has 15 heteroatoms. The van der Waals surface area contributed by atoms with Gasteiger partial charge in [-0.25, -0.2) is 22.3 Å². The van der Waals surface area contributed by atoms with Gasteiger partial charge in [0.05, 0.1) is 34.4 Å². The second-order valence-electron chi connectivity index (χ2n) is 11.8. The summed E-state index contributed by atoms with van der Waals surface area (Å²) in [4.78, 5) is 11.1. The van der Waals surface area contributed by atoms with Crippen LogP contribution in [0.2, 0.25) is 0 Å². The Hall–Kier alpha value is -3.14. The van der Waals surface area contributed by atoms with Crippen molar-refractivity contribution in [1.29, 1.82) is 0 Å². The fourth-order valence-corrected chi connectivity index (χ4v) is 7.25. The lowest BCUT2D eigenvalue weighted by Crippen LogP contribution is -2.63. The maximum absolute atomic E-state index is 15.0. The lowest BCUT2D eigenvalue weighted by molar-refractivity contribution is -0.192. The highest BCUT2D eigenvalue weighted by Gasteiger charge is 2.70. The second-order valence-corrected chi connectivity index (χ2v) is 13.4. The molecule has 45 heavy (non-hydrogen) atoms. The molecule has 0 unspecified atom stereocenters. The summed E-state index contributed by atoms with van der Waals surface area (Å²) in [5.74, 6) is -2.15. The van der Waals surface area contributed by atoms with Crippen LogP contribution in [0, 0.1) is 5.82 Å². The highest BCUT2D eigenvalue weighted by atomic mass is 32.2. The molecule has 2 bridgehead atoms. The number of halogens is 4. The summed E-state index contributed by atoms with van der Waals surface area (Å²) in [6.07, 6.45) is -3.89. The van der Waals surface area contributed by atoms with Gasteiger partial charge in [-0.2, -0.15) is 13.2 Å². The van der Waals surface area contributed by atoms with Crippen LogP contribution in [0.3, 0.4) is 0 Å². The molecule has 2 aromatic carbocycles. The van der Waals surface area contributed by atoms with E-state index in [9.17, 15) is 26.0 Å². The largest absolute Gasteiger partial charge is 0.493 e. The highest BCUT2D eigenvalue weighted by Crippen LogP contribution is 2.60. The van der Waals surface area contributed by atoms with Crippen LogP contribution in [-0.4, -0.2) is 80.7 Å². The minimum Gasteiger partial charge on any atom is -0.493 e. The predicted molar refractivity (Wildman–Crippen MR) is 160 cm³/mol. The van der Waals surface area contributed by atoms with Gasteiger partial charge in [-0.1, -0.05) is 19.9 Å². The molecule has 0 aromatic heterocycles. The van der Waals surface area contributed by atoms with E-state index in [0.29, 0.717) is 37.5 Å². The number of carboxylic acids is 1. The first kappa shape index (κ1) is 36.3. The number of likely N-dealkylation sites (N-methyl/N-ethyl adjacent to an activating group) is 1. The number of nitrogens with zero attached hydrogens (tertiary/aromatic N) is 1. The third kappa shape index (κ3) is 8.57. The van der Waals surface area contributed by atoms with Gasteiger partial charge in [0.2, 0.25) is 10.0 Å². The molecule has 0 radical (unpaired) electrons. The molecule has 252 valence electrons. The summed E-state index contributed by atoms with van der Waals surface area (Å²) in [6, 6.07) is 9.49. The summed E-state index contributed by atoms with van der Waals surface area (Å²) in [7, 11) is -2.35. The molecule has 0 atom stereocenters. The molecule has 2 heterocycles. The first-order valence-electron chi connectivity index (χ1n) is 14.4. The van der Waals surface area contributed by atoms with Crippen LogP contribution in [0.1, 0.15) is 53.0 Å². The fourth-order valence-electron chi connectivity index (χ4n) is 5.72. The Labute approximate surface area is 261 Å². The zero-order valence-corrected chi connectivity index (χ0v) is 27.0. The van der Waals surface area contributed by atoms with Gasteiger partial charge in [-0.05, 0) is 82.6 Å². The average Bonchev–Trinajstić information content (AvgIpc) is 3.25. The number of fused-ring (bicyclic) bond motifs is 1. The lowest BCUT2D eigenvalue weighted by Gasteiger charge is -2.45. The molecule has 2 saturated heterocycles. The van der Waals surface area contributed by atoms with E-state index in [1.54, 1.807) is 7.11 Å². The Kier molecular flexibility index (Phi) is 11.1. The van der Waals surface area contributed by atoms with E-state index in [1.165, 1.54) is 12.1 Å². The number of carboxylic acid groups (broad SMARTS) is 1. The second kappa shape index (κ2) is 13.7. The average molecular weight is 664 g/mol. The molecule has 2 aromatic rings. The number of hydrogen-bond acceptors (Lipinski definition) is 8. The van der Waals surface area contributed by atoms with E-state index in [1.807, 2.05) is 39.0 Å². The van der Waals surface area contributed by atoms with Crippen molar-refractivity contribution in [3.8, 4) is 11.5 Å². The van der Waals surface area contributed by atoms with Crippen molar-refractivity contribution in [2.45, 2.75) is 81.8 Å². The van der Waals surface area contributed by atoms with Crippen LogP contribution in [0.5, 0.6) is 11.5 Å². The van der Waals surface area contributed by atoms with Crippen molar-refractivity contribution >= 4 is 21.7 Å². The molecular weight excluding hydrogens is 622 g/mol. The minimum absolute atomic E-state index is 0.112. The molecule has 1 saturated carbocycles. The molecule has 2 aliphatic heterocycles. The van der Waals surface area contributed by atoms with E-state index in [0.717, 1.165) is 31.3 Å². The summed E-state index contributed by atoms with van der Waals surface area (Å²) in [5.41, 5.74) is -0.563. The van der Waals surface area contributed by atoms with Gasteiger partial charge in [0.1, 0.15) is 12.4 Å². The molecule has 1 aliphatic carbocycles. The van der Waals surface area contributed by atoms with E-state index in [4.69, 9.17) is 24.1 Å². The smallest absolute Gasteiger partial charge is 0.490 e. The van der Waals surface area contributed by atoms with Crippen molar-refractivity contribution in [2.24, 2.45) is 0 Å². The molecular formula is C30H41F4N3O7S. The van der Waals surface area contributed by atoms with Gasteiger partial charge in [0.25, 0.3) is 0 Å². The number of ether oxygens (including phenoxy) is 3. The molecule has 0 amide bonds. The number of alkyl halides is 3. The molecule has 10 nitrogen and oxygen atoms in total. The van der Waals surface area contributed by atoms with E-state index >= 15 is 0 Å². The van der Waals surface area contributed by atoms with Crippen LogP contribution in [-0.2, 0) is 26.1 Å². The molecule has 5 rings (SSSR count). The maximum atomic E-state index is 15.0. The number of aliphatic carboxylic acids is 1. The number of hydrogen-bond donors (Lipinski definition) is 3. The van der Waals surface area contributed by atoms with Gasteiger partial charge in [0.15, 0.2) is 11.5 Å². The monoisotopic (exact) mass is 663 g/mol.